The van der Waals surface area contributed by atoms with E-state index in [1.165, 1.54) is 7.11 Å². The van der Waals surface area contributed by atoms with E-state index < -0.39 is 0 Å². The summed E-state index contributed by atoms with van der Waals surface area (Å²) >= 11 is 0. The smallest absolute Gasteiger partial charge is 0.335 e. The van der Waals surface area contributed by atoms with E-state index in [1.54, 1.807) is 11.1 Å². The van der Waals surface area contributed by atoms with Crippen LogP contribution >= 0.6 is 0 Å². The van der Waals surface area contributed by atoms with Gasteiger partial charge in [-0.3, -0.25) is 4.79 Å². The highest BCUT2D eigenvalue weighted by atomic mass is 16.5. The summed E-state index contributed by atoms with van der Waals surface area (Å²) in [6.07, 6.45) is 3.60. The van der Waals surface area contributed by atoms with Crippen LogP contribution in [0.2, 0.25) is 0 Å². The first-order valence-corrected chi connectivity index (χ1v) is 4.77. The lowest BCUT2D eigenvalue weighted by atomic mass is 10.1. The molecule has 0 radical (unpaired) electrons. The largest absolute Gasteiger partial charge is 0.466 e. The number of rotatable bonds is 2. The Morgan fingerprint density at radius 2 is 2.29 bits per heavy atom. The highest BCUT2D eigenvalue weighted by Crippen LogP contribution is 2.16. The molecule has 0 saturated carbocycles. The van der Waals surface area contributed by atoms with Gasteiger partial charge in [0.25, 0.3) is 0 Å². The highest BCUT2D eigenvalue weighted by Gasteiger charge is 2.19. The molecule has 1 rings (SSSR count). The Labute approximate surface area is 83.5 Å². The summed E-state index contributed by atoms with van der Waals surface area (Å²) in [5, 5.41) is 0. The van der Waals surface area contributed by atoms with Crippen molar-refractivity contribution in [3.8, 4) is 0 Å². The van der Waals surface area contributed by atoms with E-state index in [1.807, 2.05) is 6.92 Å². The number of esters is 1. The summed E-state index contributed by atoms with van der Waals surface area (Å²) in [4.78, 5) is 24.1. The van der Waals surface area contributed by atoms with Crippen molar-refractivity contribution in [2.45, 2.75) is 26.2 Å². The number of nitrogens with zero attached hydrogens (tertiary/aromatic N) is 1. The molecule has 1 amide bonds. The summed E-state index contributed by atoms with van der Waals surface area (Å²) in [7, 11) is 1.35. The normalized spacial score (nSPS) is 16.1. The number of carbonyl (C=O) groups excluding carboxylic acids is 2. The summed E-state index contributed by atoms with van der Waals surface area (Å²) in [6.45, 7) is 2.51. The van der Waals surface area contributed by atoms with Gasteiger partial charge in [-0.2, -0.15) is 0 Å². The molecule has 0 atom stereocenters. The molecule has 1 heterocycles. The third kappa shape index (κ3) is 2.34. The molecule has 4 heteroatoms. The maximum atomic E-state index is 11.4. The molecule has 0 aliphatic carbocycles. The molecule has 0 unspecified atom stereocenters. The average molecular weight is 197 g/mol. The average Bonchev–Trinajstić information content (AvgIpc) is 2.27. The number of amides is 1. The zero-order valence-corrected chi connectivity index (χ0v) is 8.58. The predicted molar refractivity (Wildman–Crippen MR) is 51.3 cm³/mol. The predicted octanol–water partition coefficient (Wildman–Crippen LogP) is 1.08. The molecule has 1 aliphatic heterocycles. The monoisotopic (exact) mass is 197 g/mol. The zero-order chi connectivity index (χ0) is 10.6. The molecule has 4 nitrogen and oxygen atoms in total. The maximum Gasteiger partial charge on any atom is 0.335 e. The molecule has 0 spiro atoms. The summed E-state index contributed by atoms with van der Waals surface area (Å²) < 4.78 is 4.61. The Hall–Kier alpha value is -1.32. The van der Waals surface area contributed by atoms with Crippen molar-refractivity contribution in [2.75, 3.05) is 13.7 Å². The lowest BCUT2D eigenvalue weighted by Gasteiger charge is -2.23. The van der Waals surface area contributed by atoms with Gasteiger partial charge < -0.3 is 9.64 Å². The second-order valence-corrected chi connectivity index (χ2v) is 3.19. The fourth-order valence-electron chi connectivity index (χ4n) is 1.44. The first-order chi connectivity index (χ1) is 6.69. The first kappa shape index (κ1) is 10.8. The molecule has 0 bridgehead atoms. The Morgan fingerprint density at radius 3 is 2.86 bits per heavy atom. The minimum atomic E-state index is -0.335. The van der Waals surface area contributed by atoms with E-state index in [0.29, 0.717) is 25.0 Å². The highest BCUT2D eigenvalue weighted by molar-refractivity contribution is 5.89. The molecule has 0 aromatic heterocycles. The number of hydrogen-bond acceptors (Lipinski definition) is 3. The van der Waals surface area contributed by atoms with Crippen molar-refractivity contribution in [1.29, 1.82) is 0 Å². The van der Waals surface area contributed by atoms with Crippen molar-refractivity contribution < 1.29 is 14.3 Å². The molecule has 1 aliphatic rings. The molecule has 0 saturated heterocycles. The number of carbonyl (C=O) groups is 2. The van der Waals surface area contributed by atoms with E-state index in [2.05, 4.69) is 4.74 Å². The van der Waals surface area contributed by atoms with Crippen LogP contribution in [0.25, 0.3) is 0 Å². The van der Waals surface area contributed by atoms with Gasteiger partial charge >= 0.3 is 5.97 Å². The maximum absolute atomic E-state index is 11.4. The second kappa shape index (κ2) is 4.79. The van der Waals surface area contributed by atoms with E-state index in [-0.39, 0.29) is 11.9 Å². The van der Waals surface area contributed by atoms with E-state index in [0.717, 1.165) is 6.42 Å². The molecular weight excluding hydrogens is 182 g/mol. The van der Waals surface area contributed by atoms with Crippen LogP contribution in [0.1, 0.15) is 26.2 Å². The van der Waals surface area contributed by atoms with Crippen molar-refractivity contribution >= 4 is 11.9 Å². The minimum Gasteiger partial charge on any atom is -0.466 e. The van der Waals surface area contributed by atoms with Crippen LogP contribution in [0.15, 0.2) is 11.8 Å². The fourth-order valence-corrected chi connectivity index (χ4v) is 1.44. The number of ether oxygens (including phenoxy) is 1. The van der Waals surface area contributed by atoms with E-state index in [4.69, 9.17) is 0 Å². The van der Waals surface area contributed by atoms with Crippen LogP contribution in [0.3, 0.4) is 0 Å². The van der Waals surface area contributed by atoms with Crippen molar-refractivity contribution in [3.63, 3.8) is 0 Å². The number of hydrogen-bond donors (Lipinski definition) is 0. The molecule has 78 valence electrons. The van der Waals surface area contributed by atoms with Crippen LogP contribution in [-0.2, 0) is 14.3 Å². The quantitative estimate of drug-likeness (QED) is 0.622. The van der Waals surface area contributed by atoms with Crippen molar-refractivity contribution in [3.05, 3.63) is 11.8 Å². The van der Waals surface area contributed by atoms with Gasteiger partial charge in [0.15, 0.2) is 0 Å². The number of methoxy groups -OCH3 is 1. The Balaban J connectivity index is 2.73. The topological polar surface area (TPSA) is 46.6 Å². The lowest BCUT2D eigenvalue weighted by molar-refractivity contribution is -0.136. The van der Waals surface area contributed by atoms with Crippen LogP contribution in [0, 0.1) is 0 Å². The zero-order valence-electron chi connectivity index (χ0n) is 8.58. The van der Waals surface area contributed by atoms with Crippen LogP contribution in [0.5, 0.6) is 0 Å². The molecule has 0 aromatic rings. The van der Waals surface area contributed by atoms with Gasteiger partial charge in [-0.25, -0.2) is 4.79 Å². The van der Waals surface area contributed by atoms with Gasteiger partial charge in [0.2, 0.25) is 5.91 Å². The summed E-state index contributed by atoms with van der Waals surface area (Å²) in [5.74, 6) is -0.287. The van der Waals surface area contributed by atoms with Crippen LogP contribution < -0.4 is 0 Å². The standard InChI is InChI=1S/C10H15NO3/c1-3-9(12)11-6-4-5-8(7-11)10(13)14-2/h7H,3-6H2,1-2H3. The Morgan fingerprint density at radius 1 is 1.57 bits per heavy atom. The lowest BCUT2D eigenvalue weighted by Crippen LogP contribution is -2.30. The molecule has 0 N–H and O–H groups in total. The van der Waals surface area contributed by atoms with Gasteiger partial charge in [0.1, 0.15) is 0 Å². The third-order valence-corrected chi connectivity index (χ3v) is 2.23. The molecular formula is C10H15NO3. The van der Waals surface area contributed by atoms with Gasteiger partial charge in [0, 0.05) is 19.2 Å². The first-order valence-electron chi connectivity index (χ1n) is 4.77. The van der Waals surface area contributed by atoms with Crippen LogP contribution in [0.4, 0.5) is 0 Å². The van der Waals surface area contributed by atoms with Gasteiger partial charge in [0.05, 0.1) is 12.7 Å². The molecule has 14 heavy (non-hydrogen) atoms. The van der Waals surface area contributed by atoms with Gasteiger partial charge in [-0.1, -0.05) is 6.92 Å². The fraction of sp³-hybridized carbons (Fsp3) is 0.600. The van der Waals surface area contributed by atoms with E-state index >= 15 is 0 Å². The minimum absolute atomic E-state index is 0.0473. The Kier molecular flexibility index (Phi) is 3.68. The van der Waals surface area contributed by atoms with Crippen LogP contribution in [-0.4, -0.2) is 30.4 Å². The third-order valence-electron chi connectivity index (χ3n) is 2.23. The Bertz CT molecular complexity index is 271. The van der Waals surface area contributed by atoms with Crippen molar-refractivity contribution in [1.82, 2.24) is 4.90 Å². The molecule has 0 aromatic carbocycles. The SMILES string of the molecule is CCC(=O)N1C=C(C(=O)OC)CCC1. The second-order valence-electron chi connectivity index (χ2n) is 3.19. The molecule has 0 fully saturated rings. The summed E-state index contributed by atoms with van der Waals surface area (Å²) in [5.41, 5.74) is 0.584. The summed E-state index contributed by atoms with van der Waals surface area (Å²) in [6, 6.07) is 0. The van der Waals surface area contributed by atoms with E-state index in [9.17, 15) is 9.59 Å². The van der Waals surface area contributed by atoms with Gasteiger partial charge in [-0.05, 0) is 12.8 Å². The van der Waals surface area contributed by atoms with Crippen molar-refractivity contribution in [2.24, 2.45) is 0 Å². The van der Waals surface area contributed by atoms with Gasteiger partial charge in [-0.15, -0.1) is 0 Å².